The van der Waals surface area contributed by atoms with Crippen molar-refractivity contribution in [2.75, 3.05) is 20.3 Å². The first kappa shape index (κ1) is 25.6. The molecule has 178 valence electrons. The number of methoxy groups -OCH3 is 1. The van der Waals surface area contributed by atoms with Gasteiger partial charge in [-0.1, -0.05) is 12.1 Å². The summed E-state index contributed by atoms with van der Waals surface area (Å²) in [6, 6.07) is 10.1. The highest BCUT2D eigenvalue weighted by Gasteiger charge is 2.20. The summed E-state index contributed by atoms with van der Waals surface area (Å²) < 4.78 is 38.1. The Bertz CT molecular complexity index is 1120. The fourth-order valence-corrected chi connectivity index (χ4v) is 3.18. The number of sulfonamides is 1. The number of hydrogen-bond donors (Lipinski definition) is 3. The zero-order valence-corrected chi connectivity index (χ0v) is 18.9. The Morgan fingerprint density at radius 2 is 1.73 bits per heavy atom. The lowest BCUT2D eigenvalue weighted by atomic mass is 10.1. The van der Waals surface area contributed by atoms with E-state index in [1.54, 1.807) is 12.1 Å². The largest absolute Gasteiger partial charge is 0.493 e. The molecule has 2 amide bonds. The minimum absolute atomic E-state index is 0.0000789. The molecule has 0 heterocycles. The number of ether oxygens (including phenoxy) is 3. The molecule has 1 atom stereocenters. The third-order valence-electron chi connectivity index (χ3n) is 4.39. The molecule has 0 aromatic heterocycles. The topological polar surface area (TPSA) is 177 Å². The number of primary amides is 1. The molecule has 33 heavy (non-hydrogen) atoms. The molecule has 11 nitrogen and oxygen atoms in total. The number of nitrogens with one attached hydrogen (secondary N) is 1. The summed E-state index contributed by atoms with van der Waals surface area (Å²) in [5.74, 6) is -1.51. The van der Waals surface area contributed by atoms with E-state index in [1.807, 2.05) is 0 Å². The SMILES string of the molecule is COc1cc(C(=O)OC(C)C(=O)NCCc2ccc(S(N)(=O)=O)cc2)ccc1OCC(N)=O. The van der Waals surface area contributed by atoms with Crippen LogP contribution in [0.3, 0.4) is 0 Å². The van der Waals surface area contributed by atoms with E-state index in [9.17, 15) is 22.8 Å². The maximum Gasteiger partial charge on any atom is 0.339 e. The average molecular weight is 480 g/mol. The van der Waals surface area contributed by atoms with Crippen molar-refractivity contribution in [1.82, 2.24) is 5.32 Å². The lowest BCUT2D eigenvalue weighted by Gasteiger charge is -2.15. The summed E-state index contributed by atoms with van der Waals surface area (Å²) in [5, 5.41) is 7.70. The van der Waals surface area contributed by atoms with E-state index in [2.05, 4.69) is 5.32 Å². The fraction of sp³-hybridized carbons (Fsp3) is 0.286. The van der Waals surface area contributed by atoms with E-state index in [1.165, 1.54) is 44.4 Å². The summed E-state index contributed by atoms with van der Waals surface area (Å²) in [4.78, 5) is 35.5. The molecule has 5 N–H and O–H groups in total. The molecule has 0 aliphatic rings. The minimum Gasteiger partial charge on any atom is -0.493 e. The summed E-state index contributed by atoms with van der Waals surface area (Å²) in [7, 11) is -2.40. The van der Waals surface area contributed by atoms with Crippen LogP contribution in [0.4, 0.5) is 0 Å². The van der Waals surface area contributed by atoms with Gasteiger partial charge in [0.25, 0.3) is 11.8 Å². The van der Waals surface area contributed by atoms with Crippen molar-refractivity contribution in [1.29, 1.82) is 0 Å². The summed E-state index contributed by atoms with van der Waals surface area (Å²) in [6.45, 7) is 1.32. The molecule has 0 radical (unpaired) electrons. The van der Waals surface area contributed by atoms with Gasteiger partial charge in [-0.3, -0.25) is 9.59 Å². The number of carbonyl (C=O) groups is 3. The van der Waals surface area contributed by atoms with E-state index in [0.717, 1.165) is 5.56 Å². The molecule has 0 saturated carbocycles. The molecule has 0 aliphatic carbocycles. The molecule has 1 unspecified atom stereocenters. The minimum atomic E-state index is -3.76. The number of primary sulfonamides is 1. The Morgan fingerprint density at radius 3 is 2.30 bits per heavy atom. The smallest absolute Gasteiger partial charge is 0.339 e. The van der Waals surface area contributed by atoms with Crippen LogP contribution in [0.5, 0.6) is 11.5 Å². The predicted molar refractivity (Wildman–Crippen MR) is 117 cm³/mol. The van der Waals surface area contributed by atoms with Gasteiger partial charge in [0.05, 0.1) is 17.6 Å². The highest BCUT2D eigenvalue weighted by atomic mass is 32.2. The van der Waals surface area contributed by atoms with Gasteiger partial charge in [-0.2, -0.15) is 0 Å². The molecule has 2 rings (SSSR count). The highest BCUT2D eigenvalue weighted by molar-refractivity contribution is 7.89. The number of nitrogens with two attached hydrogens (primary N) is 2. The zero-order chi connectivity index (χ0) is 24.6. The molecule has 0 bridgehead atoms. The monoisotopic (exact) mass is 479 g/mol. The van der Waals surface area contributed by atoms with Crippen molar-refractivity contribution in [2.45, 2.75) is 24.3 Å². The van der Waals surface area contributed by atoms with Crippen molar-refractivity contribution >= 4 is 27.8 Å². The molecule has 0 aliphatic heterocycles. The molecule has 2 aromatic rings. The second kappa shape index (κ2) is 11.3. The standard InChI is InChI=1S/C21H25N3O8S/c1-13(20(26)24-10-9-14-3-6-16(7-4-14)33(23,28)29)32-21(27)15-5-8-17(18(11-15)30-2)31-12-19(22)25/h3-8,11,13H,9-10,12H2,1-2H3,(H2,22,25)(H,24,26)(H2,23,28,29). The van der Waals surface area contributed by atoms with Gasteiger partial charge < -0.3 is 25.3 Å². The second-order valence-electron chi connectivity index (χ2n) is 6.90. The quantitative estimate of drug-likeness (QED) is 0.380. The average Bonchev–Trinajstić information content (AvgIpc) is 2.77. The van der Waals surface area contributed by atoms with Crippen LogP contribution in [0, 0.1) is 0 Å². The molecule has 12 heteroatoms. The first-order chi connectivity index (χ1) is 15.5. The van der Waals surface area contributed by atoms with Crippen LogP contribution < -0.4 is 25.7 Å². The van der Waals surface area contributed by atoms with Crippen molar-refractivity contribution in [3.63, 3.8) is 0 Å². The van der Waals surface area contributed by atoms with E-state index >= 15 is 0 Å². The number of rotatable bonds is 11. The number of amides is 2. The molecular weight excluding hydrogens is 454 g/mol. The van der Waals surface area contributed by atoms with E-state index < -0.39 is 33.9 Å². The summed E-state index contributed by atoms with van der Waals surface area (Å²) in [5.41, 5.74) is 5.95. The lowest BCUT2D eigenvalue weighted by molar-refractivity contribution is -0.129. The maximum absolute atomic E-state index is 12.4. The van der Waals surface area contributed by atoms with Crippen LogP contribution in [0.15, 0.2) is 47.4 Å². The van der Waals surface area contributed by atoms with Gasteiger partial charge in [0.2, 0.25) is 10.0 Å². The van der Waals surface area contributed by atoms with Crippen molar-refractivity contribution in [2.24, 2.45) is 10.9 Å². The van der Waals surface area contributed by atoms with Crippen LogP contribution in [0.2, 0.25) is 0 Å². The van der Waals surface area contributed by atoms with Crippen molar-refractivity contribution in [3.05, 3.63) is 53.6 Å². The Kier molecular flexibility index (Phi) is 8.77. The Morgan fingerprint density at radius 1 is 1.06 bits per heavy atom. The Labute approximate surface area is 191 Å². The zero-order valence-electron chi connectivity index (χ0n) is 18.1. The van der Waals surface area contributed by atoms with E-state index in [0.29, 0.717) is 6.42 Å². The van der Waals surface area contributed by atoms with Gasteiger partial charge in [0.15, 0.2) is 24.2 Å². The number of carbonyl (C=O) groups excluding carboxylic acids is 3. The highest BCUT2D eigenvalue weighted by Crippen LogP contribution is 2.28. The second-order valence-corrected chi connectivity index (χ2v) is 8.46. The molecule has 2 aromatic carbocycles. The normalized spacial score (nSPS) is 11.8. The first-order valence-corrected chi connectivity index (χ1v) is 11.3. The summed E-state index contributed by atoms with van der Waals surface area (Å²) >= 11 is 0. The summed E-state index contributed by atoms with van der Waals surface area (Å²) in [6.07, 6.45) is -0.639. The maximum atomic E-state index is 12.4. The van der Waals surface area contributed by atoms with Crippen molar-refractivity contribution in [3.8, 4) is 11.5 Å². The third-order valence-corrected chi connectivity index (χ3v) is 5.32. The van der Waals surface area contributed by atoms with E-state index in [4.69, 9.17) is 25.1 Å². The van der Waals surface area contributed by atoms with Crippen molar-refractivity contribution < 1.29 is 37.0 Å². The number of hydrogen-bond acceptors (Lipinski definition) is 8. The number of benzene rings is 2. The molecule has 0 saturated heterocycles. The van der Waals surface area contributed by atoms with Crippen LogP contribution in [0.1, 0.15) is 22.8 Å². The van der Waals surface area contributed by atoms with E-state index in [-0.39, 0.29) is 35.1 Å². The van der Waals surface area contributed by atoms with Gasteiger partial charge >= 0.3 is 5.97 Å². The first-order valence-electron chi connectivity index (χ1n) is 9.71. The van der Waals surface area contributed by atoms with Gasteiger partial charge in [-0.25, -0.2) is 18.4 Å². The third kappa shape index (κ3) is 7.77. The van der Waals surface area contributed by atoms with Gasteiger partial charge in [-0.05, 0) is 49.2 Å². The molecule has 0 fully saturated rings. The van der Waals surface area contributed by atoms with Gasteiger partial charge in [0, 0.05) is 6.54 Å². The van der Waals surface area contributed by atoms with Gasteiger partial charge in [0.1, 0.15) is 0 Å². The Hall–Kier alpha value is -3.64. The van der Waals surface area contributed by atoms with Crippen LogP contribution in [-0.2, 0) is 30.8 Å². The molecular formula is C21H25N3O8S. The molecule has 0 spiro atoms. The lowest BCUT2D eigenvalue weighted by Crippen LogP contribution is -2.36. The van der Waals surface area contributed by atoms with Gasteiger partial charge in [-0.15, -0.1) is 0 Å². The number of esters is 1. The van der Waals surface area contributed by atoms with Crippen LogP contribution >= 0.6 is 0 Å². The van der Waals surface area contributed by atoms with Crippen LogP contribution in [0.25, 0.3) is 0 Å². The Balaban J connectivity index is 1.88. The fourth-order valence-electron chi connectivity index (χ4n) is 2.66. The predicted octanol–water partition coefficient (Wildman–Crippen LogP) is 0.111. The van der Waals surface area contributed by atoms with Crippen LogP contribution in [-0.4, -0.2) is 52.6 Å².